The molecule has 1 aromatic carbocycles. The molecule has 3 fully saturated rings. The molecule has 2 atom stereocenters. The second-order valence-corrected chi connectivity index (χ2v) is 7.12. The van der Waals surface area contributed by atoms with Gasteiger partial charge in [-0.25, -0.2) is 0 Å². The first kappa shape index (κ1) is 15.6. The van der Waals surface area contributed by atoms with E-state index in [-0.39, 0.29) is 29.8 Å². The standard InChI is InChI=1S/C18H22N2O4/c21-11-18-10-19(8-14(18)9-24-12-18)17(23)13-3-1-4-15(7-13)20-6-2-5-16(20)22/h1,3-4,7,14,21H,2,5-6,8-12H2/t14-,18-/m0/s1. The second kappa shape index (κ2) is 5.86. The van der Waals surface area contributed by atoms with Crippen LogP contribution in [0.15, 0.2) is 24.3 Å². The first-order valence-corrected chi connectivity index (χ1v) is 8.51. The van der Waals surface area contributed by atoms with Crippen LogP contribution in [0.3, 0.4) is 0 Å². The maximum atomic E-state index is 12.9. The lowest BCUT2D eigenvalue weighted by Gasteiger charge is -2.24. The number of amides is 2. The highest BCUT2D eigenvalue weighted by atomic mass is 16.5. The van der Waals surface area contributed by atoms with Crippen molar-refractivity contribution in [3.8, 4) is 0 Å². The molecule has 3 saturated heterocycles. The van der Waals surface area contributed by atoms with Crippen LogP contribution in [-0.4, -0.2) is 61.3 Å². The summed E-state index contributed by atoms with van der Waals surface area (Å²) >= 11 is 0. The molecule has 0 bridgehead atoms. The third-order valence-electron chi connectivity index (χ3n) is 5.60. The maximum Gasteiger partial charge on any atom is 0.253 e. The molecule has 0 aromatic heterocycles. The van der Waals surface area contributed by atoms with Gasteiger partial charge in [0, 0.05) is 48.6 Å². The van der Waals surface area contributed by atoms with Crippen LogP contribution >= 0.6 is 0 Å². The lowest BCUT2D eigenvalue weighted by atomic mass is 9.82. The molecule has 0 saturated carbocycles. The van der Waals surface area contributed by atoms with E-state index in [1.807, 2.05) is 23.1 Å². The third kappa shape index (κ3) is 2.41. The van der Waals surface area contributed by atoms with Gasteiger partial charge in [0.1, 0.15) is 0 Å². The largest absolute Gasteiger partial charge is 0.396 e. The van der Waals surface area contributed by atoms with E-state index in [0.29, 0.717) is 44.8 Å². The summed E-state index contributed by atoms with van der Waals surface area (Å²) in [7, 11) is 0. The zero-order chi connectivity index (χ0) is 16.7. The second-order valence-electron chi connectivity index (χ2n) is 7.12. The van der Waals surface area contributed by atoms with E-state index in [1.165, 1.54) is 0 Å². The summed E-state index contributed by atoms with van der Waals surface area (Å²) in [6.07, 6.45) is 1.44. The van der Waals surface area contributed by atoms with Crippen molar-refractivity contribution in [2.24, 2.45) is 11.3 Å². The number of hydrogen-bond donors (Lipinski definition) is 1. The van der Waals surface area contributed by atoms with Crippen LogP contribution in [0.25, 0.3) is 0 Å². The van der Waals surface area contributed by atoms with Gasteiger partial charge in [0.05, 0.1) is 19.8 Å². The van der Waals surface area contributed by atoms with Crippen molar-refractivity contribution >= 4 is 17.5 Å². The molecule has 6 nitrogen and oxygen atoms in total. The average Bonchev–Trinajstić information content (AvgIpc) is 3.27. The number of aliphatic hydroxyl groups excluding tert-OH is 1. The summed E-state index contributed by atoms with van der Waals surface area (Å²) in [6.45, 7) is 3.02. The molecule has 4 rings (SSSR count). The number of fused-ring (bicyclic) bond motifs is 1. The van der Waals surface area contributed by atoms with Gasteiger partial charge in [-0.2, -0.15) is 0 Å². The summed E-state index contributed by atoms with van der Waals surface area (Å²) in [5.41, 5.74) is 1.09. The summed E-state index contributed by atoms with van der Waals surface area (Å²) in [6, 6.07) is 7.31. The van der Waals surface area contributed by atoms with Gasteiger partial charge in [-0.15, -0.1) is 0 Å². The van der Waals surface area contributed by atoms with Crippen molar-refractivity contribution < 1.29 is 19.4 Å². The molecular weight excluding hydrogens is 308 g/mol. The molecule has 0 radical (unpaired) electrons. The predicted molar refractivity (Wildman–Crippen MR) is 87.8 cm³/mol. The van der Waals surface area contributed by atoms with E-state index in [1.54, 1.807) is 11.0 Å². The lowest BCUT2D eigenvalue weighted by Crippen LogP contribution is -2.36. The van der Waals surface area contributed by atoms with Crippen LogP contribution in [-0.2, 0) is 9.53 Å². The highest BCUT2D eigenvalue weighted by Gasteiger charge is 2.51. The van der Waals surface area contributed by atoms with Crippen LogP contribution in [0, 0.1) is 11.3 Å². The molecule has 0 spiro atoms. The third-order valence-corrected chi connectivity index (χ3v) is 5.60. The Morgan fingerprint density at radius 3 is 3.00 bits per heavy atom. The van der Waals surface area contributed by atoms with Crippen LogP contribution in [0.1, 0.15) is 23.2 Å². The Kier molecular flexibility index (Phi) is 3.81. The number of benzene rings is 1. The molecule has 3 heterocycles. The molecule has 24 heavy (non-hydrogen) atoms. The molecule has 3 aliphatic heterocycles. The van der Waals surface area contributed by atoms with E-state index in [9.17, 15) is 14.7 Å². The van der Waals surface area contributed by atoms with Crippen molar-refractivity contribution in [3.05, 3.63) is 29.8 Å². The predicted octanol–water partition coefficient (Wildman–Crippen LogP) is 0.894. The number of likely N-dealkylation sites (tertiary alicyclic amines) is 1. The average molecular weight is 330 g/mol. The quantitative estimate of drug-likeness (QED) is 0.894. The van der Waals surface area contributed by atoms with Gasteiger partial charge < -0.3 is 19.6 Å². The molecule has 6 heteroatoms. The van der Waals surface area contributed by atoms with Gasteiger partial charge >= 0.3 is 0 Å². The van der Waals surface area contributed by atoms with Crippen LogP contribution < -0.4 is 4.90 Å². The van der Waals surface area contributed by atoms with E-state index in [2.05, 4.69) is 0 Å². The molecule has 1 aromatic rings. The Morgan fingerprint density at radius 2 is 2.29 bits per heavy atom. The zero-order valence-electron chi connectivity index (χ0n) is 13.6. The van der Waals surface area contributed by atoms with Gasteiger partial charge in [-0.1, -0.05) is 6.07 Å². The van der Waals surface area contributed by atoms with Crippen LogP contribution in [0.5, 0.6) is 0 Å². The molecule has 2 amide bonds. The highest BCUT2D eigenvalue weighted by Crippen LogP contribution is 2.41. The number of rotatable bonds is 3. The van der Waals surface area contributed by atoms with Crippen molar-refractivity contribution in [3.63, 3.8) is 0 Å². The molecule has 0 unspecified atom stereocenters. The summed E-state index contributed by atoms with van der Waals surface area (Å²) < 4.78 is 5.50. The topological polar surface area (TPSA) is 70.1 Å². The fourth-order valence-electron chi connectivity index (χ4n) is 4.12. The summed E-state index contributed by atoms with van der Waals surface area (Å²) in [4.78, 5) is 28.4. The van der Waals surface area contributed by atoms with E-state index < -0.39 is 0 Å². The number of hydrogen-bond acceptors (Lipinski definition) is 4. The Labute approximate surface area is 141 Å². The Balaban J connectivity index is 1.54. The molecule has 1 N–H and O–H groups in total. The van der Waals surface area contributed by atoms with Gasteiger partial charge in [0.15, 0.2) is 0 Å². The molecule has 128 valence electrons. The zero-order valence-corrected chi connectivity index (χ0v) is 13.6. The van der Waals surface area contributed by atoms with Crippen LogP contribution in [0.2, 0.25) is 0 Å². The normalized spacial score (nSPS) is 29.4. The first-order valence-electron chi connectivity index (χ1n) is 8.51. The van der Waals surface area contributed by atoms with E-state index >= 15 is 0 Å². The minimum Gasteiger partial charge on any atom is -0.396 e. The smallest absolute Gasteiger partial charge is 0.253 e. The van der Waals surface area contributed by atoms with Crippen molar-refractivity contribution in [2.45, 2.75) is 12.8 Å². The maximum absolute atomic E-state index is 12.9. The number of carbonyl (C=O) groups excluding carboxylic acids is 2. The van der Waals surface area contributed by atoms with Crippen molar-refractivity contribution in [1.82, 2.24) is 4.90 Å². The number of aliphatic hydroxyl groups is 1. The van der Waals surface area contributed by atoms with Gasteiger partial charge in [-0.05, 0) is 24.6 Å². The fourth-order valence-corrected chi connectivity index (χ4v) is 4.12. The molecular formula is C18H22N2O4. The van der Waals surface area contributed by atoms with Crippen molar-refractivity contribution in [1.29, 1.82) is 0 Å². The highest BCUT2D eigenvalue weighted by molar-refractivity contribution is 5.99. The van der Waals surface area contributed by atoms with Crippen LogP contribution in [0.4, 0.5) is 5.69 Å². The molecule has 3 aliphatic rings. The van der Waals surface area contributed by atoms with Gasteiger partial charge in [0.25, 0.3) is 5.91 Å². The number of anilines is 1. The summed E-state index contributed by atoms with van der Waals surface area (Å²) in [5.74, 6) is 0.284. The van der Waals surface area contributed by atoms with Crippen molar-refractivity contribution in [2.75, 3.05) is 44.4 Å². The van der Waals surface area contributed by atoms with Gasteiger partial charge in [0.2, 0.25) is 5.91 Å². The number of nitrogens with zero attached hydrogens (tertiary/aromatic N) is 2. The number of carbonyl (C=O) groups is 2. The SMILES string of the molecule is O=C(c1cccc(N2CCCC2=O)c1)N1C[C@H]2COC[C@@]2(CO)C1. The minimum atomic E-state index is -0.307. The fraction of sp³-hybridized carbons (Fsp3) is 0.556. The van der Waals surface area contributed by atoms with Gasteiger partial charge in [-0.3, -0.25) is 9.59 Å². The Morgan fingerprint density at radius 1 is 1.42 bits per heavy atom. The monoisotopic (exact) mass is 330 g/mol. The lowest BCUT2D eigenvalue weighted by molar-refractivity contribution is -0.117. The summed E-state index contributed by atoms with van der Waals surface area (Å²) in [5, 5.41) is 9.75. The van der Waals surface area contributed by atoms with E-state index in [0.717, 1.165) is 12.1 Å². The minimum absolute atomic E-state index is 0.0364. The van der Waals surface area contributed by atoms with E-state index in [4.69, 9.17) is 4.74 Å². The first-order chi connectivity index (χ1) is 11.6. The Hall–Kier alpha value is -1.92. The number of ether oxygens (including phenoxy) is 1. The Bertz CT molecular complexity index is 677. The molecule has 0 aliphatic carbocycles.